The van der Waals surface area contributed by atoms with Gasteiger partial charge in [-0.05, 0) is 20.3 Å². The monoisotopic (exact) mass is 156 g/mol. The number of hydrogen-bond donors (Lipinski definition) is 0. The molecule has 1 rings (SSSR count). The maximum Gasteiger partial charge on any atom is 0.166 e. The van der Waals surface area contributed by atoms with Gasteiger partial charge in [0.15, 0.2) is 5.79 Å². The lowest BCUT2D eigenvalue weighted by atomic mass is 10.2. The molecule has 0 amide bonds. The summed E-state index contributed by atoms with van der Waals surface area (Å²) in [6, 6.07) is 0. The van der Waals surface area contributed by atoms with Crippen LogP contribution in [0.4, 0.5) is 0 Å². The Morgan fingerprint density at radius 2 is 2.18 bits per heavy atom. The van der Waals surface area contributed by atoms with Crippen molar-refractivity contribution in [3.8, 4) is 0 Å². The van der Waals surface area contributed by atoms with Crippen LogP contribution in [0.5, 0.6) is 0 Å². The van der Waals surface area contributed by atoms with E-state index in [0.29, 0.717) is 0 Å². The minimum atomic E-state index is -0.391. The number of hydrogen-bond acceptors (Lipinski definition) is 2. The van der Waals surface area contributed by atoms with E-state index in [1.807, 2.05) is 13.8 Å². The number of ether oxygens (including phenoxy) is 2. The molecule has 0 radical (unpaired) electrons. The summed E-state index contributed by atoms with van der Waals surface area (Å²) in [5, 5.41) is 0. The first-order chi connectivity index (χ1) is 5.11. The highest BCUT2D eigenvalue weighted by Gasteiger charge is 2.39. The fourth-order valence-corrected chi connectivity index (χ4v) is 1.28. The topological polar surface area (TPSA) is 18.5 Å². The third kappa shape index (κ3) is 1.63. The van der Waals surface area contributed by atoms with Crippen LogP contribution in [-0.4, -0.2) is 18.0 Å². The van der Waals surface area contributed by atoms with Gasteiger partial charge in [0, 0.05) is 0 Å². The van der Waals surface area contributed by atoms with Crippen molar-refractivity contribution >= 4 is 0 Å². The van der Waals surface area contributed by atoms with Crippen molar-refractivity contribution < 1.29 is 9.47 Å². The van der Waals surface area contributed by atoms with E-state index >= 15 is 0 Å². The van der Waals surface area contributed by atoms with Gasteiger partial charge in [-0.3, -0.25) is 0 Å². The maximum atomic E-state index is 5.62. The van der Waals surface area contributed by atoms with Crippen molar-refractivity contribution in [1.82, 2.24) is 0 Å². The van der Waals surface area contributed by atoms with E-state index in [2.05, 4.69) is 13.5 Å². The van der Waals surface area contributed by atoms with Gasteiger partial charge >= 0.3 is 0 Å². The second kappa shape index (κ2) is 2.95. The van der Waals surface area contributed by atoms with Crippen LogP contribution in [0, 0.1) is 0 Å². The molecule has 64 valence electrons. The van der Waals surface area contributed by atoms with Crippen molar-refractivity contribution in [3.05, 3.63) is 12.7 Å². The van der Waals surface area contributed by atoms with Gasteiger partial charge in [0.2, 0.25) is 0 Å². The van der Waals surface area contributed by atoms with E-state index in [-0.39, 0.29) is 12.2 Å². The molecule has 1 saturated heterocycles. The Bertz CT molecular complexity index is 156. The normalized spacial score (nSPS) is 44.3. The maximum absolute atomic E-state index is 5.62. The highest BCUT2D eigenvalue weighted by Crippen LogP contribution is 2.31. The molecule has 1 heterocycles. The van der Waals surface area contributed by atoms with E-state index in [4.69, 9.17) is 9.47 Å². The Hall–Kier alpha value is -0.340. The fraction of sp³-hybridized carbons (Fsp3) is 0.778. The molecule has 0 aliphatic carbocycles. The zero-order chi connectivity index (χ0) is 8.48. The lowest BCUT2D eigenvalue weighted by molar-refractivity contribution is -0.158. The molecule has 2 nitrogen and oxygen atoms in total. The molecule has 1 aliphatic rings. The van der Waals surface area contributed by atoms with Gasteiger partial charge in [-0.25, -0.2) is 0 Å². The predicted molar refractivity (Wildman–Crippen MR) is 44.3 cm³/mol. The molecular weight excluding hydrogens is 140 g/mol. The Balaban J connectivity index is 2.62. The first kappa shape index (κ1) is 8.75. The Labute approximate surface area is 68.2 Å². The standard InChI is InChI=1S/C9H16O2/c1-5-8-7(3)10-9(4,6-2)11-8/h5,7-8H,1,6H2,2-4H3. The third-order valence-corrected chi connectivity index (χ3v) is 2.16. The third-order valence-electron chi connectivity index (χ3n) is 2.16. The minimum Gasteiger partial charge on any atom is -0.344 e. The van der Waals surface area contributed by atoms with Gasteiger partial charge in [0.1, 0.15) is 6.10 Å². The molecule has 1 fully saturated rings. The minimum absolute atomic E-state index is 0.0555. The van der Waals surface area contributed by atoms with Crippen LogP contribution in [-0.2, 0) is 9.47 Å². The van der Waals surface area contributed by atoms with Crippen LogP contribution < -0.4 is 0 Å². The first-order valence-corrected chi connectivity index (χ1v) is 4.09. The van der Waals surface area contributed by atoms with Gasteiger partial charge in [0.05, 0.1) is 6.10 Å². The lowest BCUT2D eigenvalue weighted by Crippen LogP contribution is -2.24. The zero-order valence-electron chi connectivity index (χ0n) is 7.46. The second-order valence-electron chi connectivity index (χ2n) is 3.13. The highest BCUT2D eigenvalue weighted by atomic mass is 16.7. The zero-order valence-corrected chi connectivity index (χ0v) is 7.46. The summed E-state index contributed by atoms with van der Waals surface area (Å²) in [7, 11) is 0. The molecule has 3 unspecified atom stereocenters. The quantitative estimate of drug-likeness (QED) is 0.570. The summed E-state index contributed by atoms with van der Waals surface area (Å²) in [4.78, 5) is 0. The highest BCUT2D eigenvalue weighted by molar-refractivity contribution is 4.91. The Morgan fingerprint density at radius 3 is 2.45 bits per heavy atom. The van der Waals surface area contributed by atoms with Crippen molar-refractivity contribution in [2.75, 3.05) is 0 Å². The molecule has 11 heavy (non-hydrogen) atoms. The molecule has 1 aliphatic heterocycles. The van der Waals surface area contributed by atoms with Crippen LogP contribution >= 0.6 is 0 Å². The Morgan fingerprint density at radius 1 is 1.55 bits per heavy atom. The average molecular weight is 156 g/mol. The molecule has 2 heteroatoms. The SMILES string of the molecule is C=CC1OC(C)(CC)OC1C. The van der Waals surface area contributed by atoms with Crippen LogP contribution in [0.25, 0.3) is 0 Å². The second-order valence-corrected chi connectivity index (χ2v) is 3.13. The van der Waals surface area contributed by atoms with E-state index < -0.39 is 5.79 Å². The summed E-state index contributed by atoms with van der Waals surface area (Å²) in [5.74, 6) is -0.391. The van der Waals surface area contributed by atoms with Gasteiger partial charge in [-0.1, -0.05) is 13.0 Å². The van der Waals surface area contributed by atoms with Crippen LogP contribution in [0.1, 0.15) is 27.2 Å². The van der Waals surface area contributed by atoms with Crippen molar-refractivity contribution in [1.29, 1.82) is 0 Å². The average Bonchev–Trinajstić information content (AvgIpc) is 2.27. The summed E-state index contributed by atoms with van der Waals surface area (Å²) >= 11 is 0. The van der Waals surface area contributed by atoms with E-state index in [0.717, 1.165) is 6.42 Å². The van der Waals surface area contributed by atoms with Gasteiger partial charge in [-0.15, -0.1) is 6.58 Å². The molecule has 3 atom stereocenters. The molecule has 0 saturated carbocycles. The smallest absolute Gasteiger partial charge is 0.166 e. The van der Waals surface area contributed by atoms with Crippen LogP contribution in [0.2, 0.25) is 0 Å². The summed E-state index contributed by atoms with van der Waals surface area (Å²) in [6.45, 7) is 9.71. The van der Waals surface area contributed by atoms with Gasteiger partial charge in [0.25, 0.3) is 0 Å². The first-order valence-electron chi connectivity index (χ1n) is 4.09. The summed E-state index contributed by atoms with van der Waals surface area (Å²) in [6.07, 6.45) is 2.87. The van der Waals surface area contributed by atoms with Crippen molar-refractivity contribution in [3.63, 3.8) is 0 Å². The molecule has 0 N–H and O–H groups in total. The molecule has 0 aromatic heterocycles. The van der Waals surface area contributed by atoms with E-state index in [1.54, 1.807) is 6.08 Å². The summed E-state index contributed by atoms with van der Waals surface area (Å²) in [5.41, 5.74) is 0. The van der Waals surface area contributed by atoms with Crippen molar-refractivity contribution in [2.45, 2.75) is 45.2 Å². The lowest BCUT2D eigenvalue weighted by Gasteiger charge is -2.20. The largest absolute Gasteiger partial charge is 0.344 e. The van der Waals surface area contributed by atoms with Gasteiger partial charge < -0.3 is 9.47 Å². The molecule has 0 aromatic carbocycles. The molecule has 0 spiro atoms. The van der Waals surface area contributed by atoms with Crippen LogP contribution in [0.3, 0.4) is 0 Å². The van der Waals surface area contributed by atoms with Gasteiger partial charge in [-0.2, -0.15) is 0 Å². The van der Waals surface area contributed by atoms with Crippen LogP contribution in [0.15, 0.2) is 12.7 Å². The van der Waals surface area contributed by atoms with Crippen molar-refractivity contribution in [2.24, 2.45) is 0 Å². The van der Waals surface area contributed by atoms with E-state index in [1.165, 1.54) is 0 Å². The van der Waals surface area contributed by atoms with E-state index in [9.17, 15) is 0 Å². The Kier molecular flexibility index (Phi) is 2.35. The molecule has 0 bridgehead atoms. The number of rotatable bonds is 2. The fourth-order valence-electron chi connectivity index (χ4n) is 1.28. The molecular formula is C9H16O2. The summed E-state index contributed by atoms with van der Waals surface area (Å²) < 4.78 is 11.2. The molecule has 0 aromatic rings. The predicted octanol–water partition coefficient (Wildman–Crippen LogP) is 2.10.